The largest absolute Gasteiger partial charge is 0.481 e. The first-order valence-corrected chi connectivity index (χ1v) is 4.36. The van der Waals surface area contributed by atoms with Crippen molar-refractivity contribution in [3.05, 3.63) is 0 Å². The molecule has 7 heteroatoms. The van der Waals surface area contributed by atoms with Gasteiger partial charge in [0, 0.05) is 12.8 Å². The van der Waals surface area contributed by atoms with Crippen molar-refractivity contribution in [2.45, 2.75) is 31.7 Å². The molecule has 0 fully saturated rings. The van der Waals surface area contributed by atoms with Crippen molar-refractivity contribution in [3.63, 3.8) is 0 Å². The molecule has 0 saturated carbocycles. The molecule has 4 N–H and O–H groups in total. The summed E-state index contributed by atoms with van der Waals surface area (Å²) in [7, 11) is 0. The maximum Gasteiger partial charge on any atom is 0.348 e. The van der Waals surface area contributed by atoms with Crippen molar-refractivity contribution in [2.24, 2.45) is 0 Å². The van der Waals surface area contributed by atoms with Crippen molar-refractivity contribution >= 4 is 11.9 Å². The van der Waals surface area contributed by atoms with Crippen LogP contribution in [0, 0.1) is 0 Å². The maximum atomic E-state index is 10.9. The summed E-state index contributed by atoms with van der Waals surface area (Å²) < 4.78 is 4.07. The smallest absolute Gasteiger partial charge is 0.348 e. The average molecular weight is 222 g/mol. The molecule has 7 nitrogen and oxygen atoms in total. The standard InChI is InChI=1S/C8H14O7/c9-5-8(13,14)15-7(12)4-2-1-3-6(10)11/h9,13-14H,1-5H2,(H,10,11). The normalized spacial score (nSPS) is 11.1. The Labute approximate surface area is 85.9 Å². The molecule has 0 bridgehead atoms. The fourth-order valence-corrected chi connectivity index (χ4v) is 0.811. The molecule has 0 aromatic heterocycles. The highest BCUT2D eigenvalue weighted by Gasteiger charge is 2.26. The molecule has 88 valence electrons. The van der Waals surface area contributed by atoms with E-state index in [4.69, 9.17) is 20.4 Å². The maximum absolute atomic E-state index is 10.9. The summed E-state index contributed by atoms with van der Waals surface area (Å²) in [5.41, 5.74) is 0. The van der Waals surface area contributed by atoms with Gasteiger partial charge in [0.1, 0.15) is 6.61 Å². The number of carbonyl (C=O) groups excluding carboxylic acids is 1. The van der Waals surface area contributed by atoms with E-state index >= 15 is 0 Å². The lowest BCUT2D eigenvalue weighted by atomic mass is 10.2. The summed E-state index contributed by atoms with van der Waals surface area (Å²) in [4.78, 5) is 21.0. The number of unbranched alkanes of at least 4 members (excludes halogenated alkanes) is 1. The SMILES string of the molecule is O=C(O)CCCCC(=O)OC(O)(O)CO. The summed E-state index contributed by atoms with van der Waals surface area (Å²) in [6, 6.07) is 0. The Hall–Kier alpha value is -1.18. The fraction of sp³-hybridized carbons (Fsp3) is 0.750. The minimum Gasteiger partial charge on any atom is -0.481 e. The van der Waals surface area contributed by atoms with Crippen LogP contribution in [0.4, 0.5) is 0 Å². The lowest BCUT2D eigenvalue weighted by molar-refractivity contribution is -0.332. The summed E-state index contributed by atoms with van der Waals surface area (Å²) in [6.45, 7) is -1.12. The van der Waals surface area contributed by atoms with E-state index in [1.165, 1.54) is 0 Å². The first-order chi connectivity index (χ1) is 6.87. The van der Waals surface area contributed by atoms with Crippen LogP contribution in [-0.4, -0.2) is 44.9 Å². The van der Waals surface area contributed by atoms with Crippen LogP contribution in [0.2, 0.25) is 0 Å². The Morgan fingerprint density at radius 3 is 2.13 bits per heavy atom. The predicted octanol–water partition coefficient (Wildman–Crippen LogP) is -1.19. The number of aliphatic hydroxyl groups excluding tert-OH is 1. The molecule has 15 heavy (non-hydrogen) atoms. The number of aliphatic hydroxyl groups is 3. The van der Waals surface area contributed by atoms with Crippen molar-refractivity contribution in [2.75, 3.05) is 6.61 Å². The van der Waals surface area contributed by atoms with Crippen molar-refractivity contribution in [3.8, 4) is 0 Å². The van der Waals surface area contributed by atoms with Crippen LogP contribution in [-0.2, 0) is 14.3 Å². The van der Waals surface area contributed by atoms with Crippen LogP contribution in [0.25, 0.3) is 0 Å². The third kappa shape index (κ3) is 7.86. The van der Waals surface area contributed by atoms with E-state index in [1.54, 1.807) is 0 Å². The van der Waals surface area contributed by atoms with Crippen molar-refractivity contribution in [1.82, 2.24) is 0 Å². The number of hydrogen-bond donors (Lipinski definition) is 4. The highest BCUT2D eigenvalue weighted by atomic mass is 16.8. The van der Waals surface area contributed by atoms with Crippen LogP contribution in [0.5, 0.6) is 0 Å². The Balaban J connectivity index is 3.62. The summed E-state index contributed by atoms with van der Waals surface area (Å²) in [6.07, 6.45) is 0.382. The summed E-state index contributed by atoms with van der Waals surface area (Å²) in [5, 5.41) is 34.0. The number of ether oxygens (including phenoxy) is 1. The number of carboxylic acids is 1. The quantitative estimate of drug-likeness (QED) is 0.242. The van der Waals surface area contributed by atoms with Crippen LogP contribution in [0.15, 0.2) is 0 Å². The third-order valence-electron chi connectivity index (χ3n) is 1.50. The van der Waals surface area contributed by atoms with E-state index in [0.717, 1.165) is 0 Å². The number of carboxylic acid groups (broad SMARTS) is 1. The first-order valence-electron chi connectivity index (χ1n) is 4.36. The summed E-state index contributed by atoms with van der Waals surface area (Å²) in [5.74, 6) is -4.72. The molecule has 0 saturated heterocycles. The van der Waals surface area contributed by atoms with E-state index < -0.39 is 24.5 Å². The lowest BCUT2D eigenvalue weighted by Gasteiger charge is -2.18. The molecule has 0 aliphatic carbocycles. The van der Waals surface area contributed by atoms with Gasteiger partial charge in [-0.3, -0.25) is 9.59 Å². The van der Waals surface area contributed by atoms with Gasteiger partial charge in [0.05, 0.1) is 0 Å². The zero-order valence-electron chi connectivity index (χ0n) is 8.05. The zero-order valence-corrected chi connectivity index (χ0v) is 8.05. The first kappa shape index (κ1) is 13.8. The Morgan fingerprint density at radius 1 is 1.13 bits per heavy atom. The number of rotatable bonds is 7. The second kappa shape index (κ2) is 6.33. The molecule has 0 amide bonds. The second-order valence-electron chi connectivity index (χ2n) is 2.98. The molecule has 0 aromatic carbocycles. The Bertz CT molecular complexity index is 223. The average Bonchev–Trinajstić information content (AvgIpc) is 2.11. The van der Waals surface area contributed by atoms with Crippen LogP contribution < -0.4 is 0 Å². The van der Waals surface area contributed by atoms with E-state index in [2.05, 4.69) is 4.74 Å². The highest BCUT2D eigenvalue weighted by Crippen LogP contribution is 2.06. The van der Waals surface area contributed by atoms with Gasteiger partial charge in [-0.25, -0.2) is 0 Å². The lowest BCUT2D eigenvalue weighted by Crippen LogP contribution is -2.38. The third-order valence-corrected chi connectivity index (χ3v) is 1.50. The molecule has 0 heterocycles. The van der Waals surface area contributed by atoms with Gasteiger partial charge in [-0.1, -0.05) is 0 Å². The van der Waals surface area contributed by atoms with Gasteiger partial charge in [0.15, 0.2) is 0 Å². The van der Waals surface area contributed by atoms with Crippen LogP contribution in [0.3, 0.4) is 0 Å². The minimum atomic E-state index is -2.86. The van der Waals surface area contributed by atoms with E-state index in [0.29, 0.717) is 6.42 Å². The topological polar surface area (TPSA) is 124 Å². The zero-order chi connectivity index (χ0) is 11.9. The number of esters is 1. The van der Waals surface area contributed by atoms with Crippen LogP contribution >= 0.6 is 0 Å². The van der Waals surface area contributed by atoms with Gasteiger partial charge in [0.2, 0.25) is 0 Å². The van der Waals surface area contributed by atoms with E-state index in [1.807, 2.05) is 0 Å². The van der Waals surface area contributed by atoms with E-state index in [-0.39, 0.29) is 19.3 Å². The van der Waals surface area contributed by atoms with Gasteiger partial charge in [-0.2, -0.15) is 0 Å². The number of hydrogen-bond acceptors (Lipinski definition) is 6. The van der Waals surface area contributed by atoms with E-state index in [9.17, 15) is 9.59 Å². The predicted molar refractivity (Wildman–Crippen MR) is 46.5 cm³/mol. The molecule has 0 atom stereocenters. The molecule has 0 spiro atoms. The molecular weight excluding hydrogens is 208 g/mol. The fourth-order valence-electron chi connectivity index (χ4n) is 0.811. The Kier molecular flexibility index (Phi) is 5.83. The van der Waals surface area contributed by atoms with Gasteiger partial charge in [-0.15, -0.1) is 0 Å². The minimum absolute atomic E-state index is 0.0589. The summed E-state index contributed by atoms with van der Waals surface area (Å²) >= 11 is 0. The molecule has 0 aliphatic rings. The van der Waals surface area contributed by atoms with Gasteiger partial charge in [-0.05, 0) is 12.8 Å². The molecule has 0 aromatic rings. The van der Waals surface area contributed by atoms with Gasteiger partial charge in [0.25, 0.3) is 0 Å². The van der Waals surface area contributed by atoms with Crippen LogP contribution in [0.1, 0.15) is 25.7 Å². The number of carbonyl (C=O) groups is 2. The van der Waals surface area contributed by atoms with Crippen molar-refractivity contribution in [1.29, 1.82) is 0 Å². The highest BCUT2D eigenvalue weighted by molar-refractivity contribution is 5.70. The molecule has 0 aliphatic heterocycles. The van der Waals surface area contributed by atoms with Gasteiger partial charge < -0.3 is 25.2 Å². The molecule has 0 rings (SSSR count). The monoisotopic (exact) mass is 222 g/mol. The van der Waals surface area contributed by atoms with Crippen molar-refractivity contribution < 1.29 is 34.8 Å². The number of aliphatic carboxylic acids is 1. The molecule has 0 unspecified atom stereocenters. The second-order valence-corrected chi connectivity index (χ2v) is 2.98. The Morgan fingerprint density at radius 2 is 1.67 bits per heavy atom. The van der Waals surface area contributed by atoms with Gasteiger partial charge >= 0.3 is 17.9 Å². The molecule has 0 radical (unpaired) electrons. The molecular formula is C8H14O7.